The highest BCUT2D eigenvalue weighted by Gasteiger charge is 2.18. The largest absolute Gasteiger partial charge is 0.315 e. The Balaban J connectivity index is 1.99. The van der Waals surface area contributed by atoms with Crippen LogP contribution in [0.3, 0.4) is 0 Å². The van der Waals surface area contributed by atoms with Crippen LogP contribution in [0.25, 0.3) is 0 Å². The van der Waals surface area contributed by atoms with Crippen molar-refractivity contribution >= 4 is 23.2 Å². The lowest BCUT2D eigenvalue weighted by molar-refractivity contribution is 0.196. The minimum Gasteiger partial charge on any atom is -0.315 e. The highest BCUT2D eigenvalue weighted by Crippen LogP contribution is 2.19. The van der Waals surface area contributed by atoms with Crippen molar-refractivity contribution in [3.8, 4) is 0 Å². The fourth-order valence-corrected chi connectivity index (χ4v) is 2.57. The molecule has 1 fully saturated rings. The number of aromatic nitrogens is 1. The third-order valence-corrected chi connectivity index (χ3v) is 3.74. The second-order valence-corrected chi connectivity index (χ2v) is 5.24. The van der Waals surface area contributed by atoms with Crippen LogP contribution in [0.1, 0.15) is 18.4 Å². The molecule has 2 rings (SSSR count). The van der Waals surface area contributed by atoms with Gasteiger partial charge in [-0.3, -0.25) is 4.90 Å². The lowest BCUT2D eigenvalue weighted by Crippen LogP contribution is -2.43. The van der Waals surface area contributed by atoms with Gasteiger partial charge in [0.05, 0.1) is 0 Å². The smallest absolute Gasteiger partial charge is 0.135 e. The van der Waals surface area contributed by atoms with E-state index in [2.05, 4.69) is 22.2 Å². The zero-order valence-corrected chi connectivity index (χ0v) is 11.4. The molecule has 1 aromatic heterocycles. The third kappa shape index (κ3) is 3.55. The Morgan fingerprint density at radius 1 is 1.47 bits per heavy atom. The predicted octanol–water partition coefficient (Wildman–Crippen LogP) is 2.57. The van der Waals surface area contributed by atoms with E-state index in [-0.39, 0.29) is 0 Å². The highest BCUT2D eigenvalue weighted by atomic mass is 35.5. The molecule has 0 spiro atoms. The minimum atomic E-state index is 0.445. The summed E-state index contributed by atoms with van der Waals surface area (Å²) >= 11 is 11.9. The van der Waals surface area contributed by atoms with E-state index in [1.165, 1.54) is 12.8 Å². The van der Waals surface area contributed by atoms with Crippen LogP contribution in [-0.2, 0) is 6.54 Å². The van der Waals surface area contributed by atoms with Crippen molar-refractivity contribution in [3.05, 3.63) is 28.0 Å². The van der Waals surface area contributed by atoms with Crippen molar-refractivity contribution in [2.75, 3.05) is 20.1 Å². The Labute approximate surface area is 112 Å². The molecular weight excluding hydrogens is 257 g/mol. The van der Waals surface area contributed by atoms with E-state index in [1.807, 2.05) is 6.07 Å². The summed E-state index contributed by atoms with van der Waals surface area (Å²) in [6.45, 7) is 3.00. The first kappa shape index (κ1) is 13.1. The van der Waals surface area contributed by atoms with Gasteiger partial charge in [-0.2, -0.15) is 0 Å². The SMILES string of the molecule is CN(Cc1ccc(Cl)nc1Cl)C1CCCNC1. The van der Waals surface area contributed by atoms with Crippen LogP contribution in [-0.4, -0.2) is 36.1 Å². The van der Waals surface area contributed by atoms with Gasteiger partial charge in [0, 0.05) is 24.7 Å². The zero-order valence-electron chi connectivity index (χ0n) is 9.92. The summed E-state index contributed by atoms with van der Waals surface area (Å²) in [6, 6.07) is 4.32. The quantitative estimate of drug-likeness (QED) is 0.859. The molecule has 0 amide bonds. The molecule has 1 aromatic rings. The van der Waals surface area contributed by atoms with Crippen LogP contribution in [0.15, 0.2) is 12.1 Å². The number of nitrogens with one attached hydrogen (secondary N) is 1. The van der Waals surface area contributed by atoms with E-state index < -0.39 is 0 Å². The summed E-state index contributed by atoms with van der Waals surface area (Å²) in [6.07, 6.45) is 2.48. The van der Waals surface area contributed by atoms with Gasteiger partial charge in [0.2, 0.25) is 0 Å². The van der Waals surface area contributed by atoms with Crippen LogP contribution < -0.4 is 5.32 Å². The van der Waals surface area contributed by atoms with Gasteiger partial charge in [-0.1, -0.05) is 29.3 Å². The topological polar surface area (TPSA) is 28.2 Å². The molecule has 94 valence electrons. The molecule has 5 heteroatoms. The molecule has 0 bridgehead atoms. The average molecular weight is 274 g/mol. The molecule has 1 unspecified atom stereocenters. The maximum Gasteiger partial charge on any atom is 0.135 e. The van der Waals surface area contributed by atoms with Gasteiger partial charge >= 0.3 is 0 Å². The molecular formula is C12H17Cl2N3. The molecule has 0 aromatic carbocycles. The average Bonchev–Trinajstić information content (AvgIpc) is 2.34. The van der Waals surface area contributed by atoms with Crippen molar-refractivity contribution < 1.29 is 0 Å². The fraction of sp³-hybridized carbons (Fsp3) is 0.583. The van der Waals surface area contributed by atoms with E-state index in [0.717, 1.165) is 25.2 Å². The number of nitrogens with zero attached hydrogens (tertiary/aromatic N) is 2. The summed E-state index contributed by atoms with van der Waals surface area (Å²) in [4.78, 5) is 6.38. The highest BCUT2D eigenvalue weighted by molar-refractivity contribution is 6.32. The van der Waals surface area contributed by atoms with Gasteiger partial charge < -0.3 is 5.32 Å². The number of rotatable bonds is 3. The van der Waals surface area contributed by atoms with Gasteiger partial charge in [-0.05, 0) is 32.5 Å². The standard InChI is InChI=1S/C12H17Cl2N3/c1-17(10-3-2-6-15-7-10)8-9-4-5-11(13)16-12(9)14/h4-5,10,15H,2-3,6-8H2,1H3. The van der Waals surface area contributed by atoms with Gasteiger partial charge in [-0.15, -0.1) is 0 Å². The number of hydrogen-bond acceptors (Lipinski definition) is 3. The normalized spacial score (nSPS) is 20.8. The Bertz CT molecular complexity index is 378. The molecule has 3 nitrogen and oxygen atoms in total. The second kappa shape index (κ2) is 6.01. The Morgan fingerprint density at radius 2 is 2.29 bits per heavy atom. The summed E-state index contributed by atoms with van der Waals surface area (Å²) in [7, 11) is 2.13. The van der Waals surface area contributed by atoms with Gasteiger partial charge in [0.15, 0.2) is 0 Å². The fourth-order valence-electron chi connectivity index (χ4n) is 2.17. The van der Waals surface area contributed by atoms with Gasteiger partial charge in [0.25, 0.3) is 0 Å². The molecule has 17 heavy (non-hydrogen) atoms. The van der Waals surface area contributed by atoms with Crippen LogP contribution >= 0.6 is 23.2 Å². The number of piperidine rings is 1. The van der Waals surface area contributed by atoms with Crippen LogP contribution in [0.4, 0.5) is 0 Å². The van der Waals surface area contributed by atoms with Crippen molar-refractivity contribution in [1.82, 2.24) is 15.2 Å². The van der Waals surface area contributed by atoms with E-state index in [1.54, 1.807) is 6.07 Å². The van der Waals surface area contributed by atoms with E-state index in [0.29, 0.717) is 16.3 Å². The monoisotopic (exact) mass is 273 g/mol. The number of pyridine rings is 1. The Hall–Kier alpha value is -0.350. The summed E-state index contributed by atoms with van der Waals surface area (Å²) in [5, 5.41) is 4.37. The third-order valence-electron chi connectivity index (χ3n) is 3.21. The number of likely N-dealkylation sites (N-methyl/N-ethyl adjacent to an activating group) is 1. The first-order valence-electron chi connectivity index (χ1n) is 5.88. The predicted molar refractivity (Wildman–Crippen MR) is 71.6 cm³/mol. The molecule has 2 heterocycles. The van der Waals surface area contributed by atoms with E-state index in [9.17, 15) is 0 Å². The van der Waals surface area contributed by atoms with E-state index >= 15 is 0 Å². The maximum absolute atomic E-state index is 6.07. The van der Waals surface area contributed by atoms with Crippen molar-refractivity contribution in [2.45, 2.75) is 25.4 Å². The van der Waals surface area contributed by atoms with Crippen molar-refractivity contribution in [3.63, 3.8) is 0 Å². The second-order valence-electron chi connectivity index (χ2n) is 4.50. The Kier molecular flexibility index (Phi) is 4.62. The van der Waals surface area contributed by atoms with Crippen molar-refractivity contribution in [1.29, 1.82) is 0 Å². The minimum absolute atomic E-state index is 0.445. The number of hydrogen-bond donors (Lipinski definition) is 1. The molecule has 1 aliphatic heterocycles. The maximum atomic E-state index is 6.07. The van der Waals surface area contributed by atoms with Crippen LogP contribution in [0.2, 0.25) is 10.3 Å². The lowest BCUT2D eigenvalue weighted by Gasteiger charge is -2.31. The molecule has 0 radical (unpaired) electrons. The molecule has 0 aliphatic carbocycles. The summed E-state index contributed by atoms with van der Waals surface area (Å²) < 4.78 is 0. The molecule has 0 saturated carbocycles. The van der Waals surface area contributed by atoms with Crippen LogP contribution in [0.5, 0.6) is 0 Å². The van der Waals surface area contributed by atoms with Gasteiger partial charge in [0.1, 0.15) is 10.3 Å². The zero-order chi connectivity index (χ0) is 12.3. The molecule has 1 N–H and O–H groups in total. The van der Waals surface area contributed by atoms with Gasteiger partial charge in [-0.25, -0.2) is 4.98 Å². The van der Waals surface area contributed by atoms with E-state index in [4.69, 9.17) is 23.2 Å². The van der Waals surface area contributed by atoms with Crippen LogP contribution in [0, 0.1) is 0 Å². The summed E-state index contributed by atoms with van der Waals surface area (Å²) in [5.41, 5.74) is 1.03. The molecule has 1 saturated heterocycles. The molecule has 1 aliphatic rings. The van der Waals surface area contributed by atoms with Crippen molar-refractivity contribution in [2.24, 2.45) is 0 Å². The number of halogens is 2. The summed E-state index contributed by atoms with van der Waals surface area (Å²) in [5.74, 6) is 0. The molecule has 1 atom stereocenters. The lowest BCUT2D eigenvalue weighted by atomic mass is 10.1. The Morgan fingerprint density at radius 3 is 2.94 bits per heavy atom. The first-order chi connectivity index (χ1) is 8.16. The first-order valence-corrected chi connectivity index (χ1v) is 6.64.